The minimum Gasteiger partial charge on any atom is -0.489 e. The minimum absolute atomic E-state index is 0.01000. The summed E-state index contributed by atoms with van der Waals surface area (Å²) in [4.78, 5) is 14.1. The van der Waals surface area contributed by atoms with E-state index in [9.17, 15) is 15.2 Å². The Hall–Kier alpha value is -4.27. The molecule has 1 atom stereocenters. The highest BCUT2D eigenvalue weighted by atomic mass is 19.1. The second kappa shape index (κ2) is 9.24. The summed E-state index contributed by atoms with van der Waals surface area (Å²) < 4.78 is 24.1. The molecule has 0 amide bonds. The molecule has 2 aromatic heterocycles. The third-order valence-corrected chi connectivity index (χ3v) is 7.19. The number of nitrogens with two attached hydrogens (primary N) is 1. The number of aryl methyl sites for hydroxylation is 1. The van der Waals surface area contributed by atoms with Crippen molar-refractivity contribution in [1.29, 1.82) is 5.26 Å². The molecule has 2 fully saturated rings. The number of rotatable bonds is 6. The Morgan fingerprint density at radius 1 is 1.29 bits per heavy atom. The van der Waals surface area contributed by atoms with E-state index in [4.69, 9.17) is 10.5 Å². The summed E-state index contributed by atoms with van der Waals surface area (Å²) >= 11 is 0. The van der Waals surface area contributed by atoms with Crippen molar-refractivity contribution in [2.45, 2.75) is 38.0 Å². The normalized spacial score (nSPS) is 17.2. The van der Waals surface area contributed by atoms with Crippen LogP contribution in [0.5, 0.6) is 5.75 Å². The number of nitrogens with one attached hydrogen (secondary N) is 1. The maximum Gasteiger partial charge on any atom is 0.272 e. The van der Waals surface area contributed by atoms with Crippen molar-refractivity contribution in [1.82, 2.24) is 20.0 Å². The van der Waals surface area contributed by atoms with Gasteiger partial charge in [-0.2, -0.15) is 15.5 Å². The number of nitrogens with zero attached hydrogens (tertiary/aromatic N) is 5. The van der Waals surface area contributed by atoms with Crippen LogP contribution in [0.3, 0.4) is 0 Å². The highest BCUT2D eigenvalue weighted by Gasteiger charge is 2.33. The molecule has 0 bridgehead atoms. The second-order valence-corrected chi connectivity index (χ2v) is 9.77. The zero-order valence-electron chi connectivity index (χ0n) is 20.7. The zero-order valence-corrected chi connectivity index (χ0v) is 20.7. The Bertz CT molecular complexity index is 1670. The zero-order chi connectivity index (χ0) is 26.6. The fourth-order valence-electron chi connectivity index (χ4n) is 5.09. The molecule has 1 saturated heterocycles. The predicted octanol–water partition coefficient (Wildman–Crippen LogP) is 2.57. The van der Waals surface area contributed by atoms with Crippen molar-refractivity contribution >= 4 is 16.5 Å². The van der Waals surface area contributed by atoms with E-state index in [0.29, 0.717) is 52.0 Å². The molecular formula is C27H26FN7O3. The van der Waals surface area contributed by atoms with Crippen LogP contribution in [0.4, 0.5) is 10.1 Å². The first-order valence-corrected chi connectivity index (χ1v) is 12.5. The number of H-pyrrole nitrogens is 1. The average Bonchev–Trinajstić information content (AvgIpc) is 3.50. The first-order chi connectivity index (χ1) is 18.4. The Labute approximate surface area is 217 Å². The lowest BCUT2D eigenvalue weighted by atomic mass is 9.94. The van der Waals surface area contributed by atoms with Gasteiger partial charge >= 0.3 is 0 Å². The van der Waals surface area contributed by atoms with Crippen LogP contribution >= 0.6 is 0 Å². The number of hydrogen-bond acceptors (Lipinski definition) is 8. The number of aliphatic hydroxyl groups is 1. The quantitative estimate of drug-likeness (QED) is 0.355. The Morgan fingerprint density at radius 2 is 2.11 bits per heavy atom. The van der Waals surface area contributed by atoms with Crippen molar-refractivity contribution in [2.24, 2.45) is 12.8 Å². The van der Waals surface area contributed by atoms with Crippen LogP contribution in [0, 0.1) is 17.1 Å². The number of anilines is 1. The maximum absolute atomic E-state index is 16.5. The van der Waals surface area contributed by atoms with E-state index in [0.717, 1.165) is 12.8 Å². The van der Waals surface area contributed by atoms with Gasteiger partial charge in [-0.25, -0.2) is 9.49 Å². The van der Waals surface area contributed by atoms with E-state index in [1.807, 2.05) is 0 Å². The summed E-state index contributed by atoms with van der Waals surface area (Å²) in [5.74, 6) is -0.264. The fraction of sp³-hybridized carbons (Fsp3) is 0.333. The third-order valence-electron chi connectivity index (χ3n) is 7.19. The van der Waals surface area contributed by atoms with Gasteiger partial charge in [0.15, 0.2) is 5.82 Å². The molecule has 1 unspecified atom stereocenters. The van der Waals surface area contributed by atoms with Crippen LogP contribution in [-0.4, -0.2) is 50.4 Å². The number of aliphatic hydroxyl groups excluding tert-OH is 1. The van der Waals surface area contributed by atoms with Crippen molar-refractivity contribution in [3.63, 3.8) is 0 Å². The Balaban J connectivity index is 1.59. The Morgan fingerprint density at radius 3 is 2.79 bits per heavy atom. The number of halogens is 1. The van der Waals surface area contributed by atoms with Gasteiger partial charge in [-0.05, 0) is 37.0 Å². The number of aromatic amines is 1. The van der Waals surface area contributed by atoms with Gasteiger partial charge in [-0.3, -0.25) is 9.48 Å². The minimum atomic E-state index is -0.579. The van der Waals surface area contributed by atoms with Gasteiger partial charge in [0, 0.05) is 43.7 Å². The molecule has 2 aromatic carbocycles. The van der Waals surface area contributed by atoms with Crippen LogP contribution < -0.4 is 20.9 Å². The van der Waals surface area contributed by atoms with E-state index < -0.39 is 11.9 Å². The predicted molar refractivity (Wildman–Crippen MR) is 139 cm³/mol. The molecular weight excluding hydrogens is 489 g/mol. The van der Waals surface area contributed by atoms with E-state index in [1.54, 1.807) is 42.4 Å². The topological polar surface area (TPSA) is 146 Å². The van der Waals surface area contributed by atoms with Gasteiger partial charge < -0.3 is 20.5 Å². The standard InChI is InChI=1S/C27H26FN7O3/c1-34-26(20(12-31-34)14-2-5-17-18(8-14)21(11-30)32-33-27(17)37)24-19(10-29)23(38-16-3-4-16)9-22(25(24)28)35-7-6-15(36)13-35/h2,5,8-9,12,15-16,36H,3-4,6-7,11,13,30H2,1H3,(H,33,37). The van der Waals surface area contributed by atoms with E-state index in [2.05, 4.69) is 21.4 Å². The molecule has 4 aromatic rings. The van der Waals surface area contributed by atoms with Crippen molar-refractivity contribution in [3.8, 4) is 34.2 Å². The Kier molecular flexibility index (Phi) is 5.86. The molecule has 1 saturated carbocycles. The van der Waals surface area contributed by atoms with Crippen LogP contribution in [0.2, 0.25) is 0 Å². The summed E-state index contributed by atoms with van der Waals surface area (Å²) in [7, 11) is 1.69. The van der Waals surface area contributed by atoms with E-state index >= 15 is 4.39 Å². The molecule has 0 radical (unpaired) electrons. The van der Waals surface area contributed by atoms with Gasteiger partial charge in [-0.1, -0.05) is 6.07 Å². The van der Waals surface area contributed by atoms with Gasteiger partial charge in [0.05, 0.1) is 46.4 Å². The molecule has 1 aliphatic heterocycles. The number of benzene rings is 2. The van der Waals surface area contributed by atoms with Crippen LogP contribution in [0.1, 0.15) is 30.5 Å². The summed E-state index contributed by atoms with van der Waals surface area (Å²) in [6.45, 7) is 0.894. The number of aromatic nitrogens is 4. The SMILES string of the molecule is Cn1ncc(-c2ccc3c(=O)[nH]nc(CN)c3c2)c1-c1c(F)c(N2CCC(O)C2)cc(OC2CC2)c1C#N. The number of β-amino-alcohol motifs (C(OH)–C–C–N with tert-alkyl or cyclic N) is 1. The summed E-state index contributed by atoms with van der Waals surface area (Å²) in [6.07, 6.45) is 3.31. The smallest absolute Gasteiger partial charge is 0.272 e. The van der Waals surface area contributed by atoms with E-state index in [-0.39, 0.29) is 41.6 Å². The van der Waals surface area contributed by atoms with Gasteiger partial charge in [0.25, 0.3) is 5.56 Å². The summed E-state index contributed by atoms with van der Waals surface area (Å²) in [6, 6.07) is 8.95. The number of ether oxygens (including phenoxy) is 1. The van der Waals surface area contributed by atoms with Crippen LogP contribution in [0.25, 0.3) is 33.2 Å². The molecule has 10 nitrogen and oxygen atoms in total. The van der Waals surface area contributed by atoms with Gasteiger partial charge in [-0.15, -0.1) is 0 Å². The molecule has 38 heavy (non-hydrogen) atoms. The second-order valence-electron chi connectivity index (χ2n) is 9.77. The highest BCUT2D eigenvalue weighted by molar-refractivity contribution is 5.93. The lowest BCUT2D eigenvalue weighted by Crippen LogP contribution is -2.23. The number of hydrogen-bond donors (Lipinski definition) is 3. The summed E-state index contributed by atoms with van der Waals surface area (Å²) in [5.41, 5.74) is 8.12. The highest BCUT2D eigenvalue weighted by Crippen LogP contribution is 2.44. The average molecular weight is 516 g/mol. The van der Waals surface area contributed by atoms with Crippen LogP contribution in [-0.2, 0) is 13.6 Å². The van der Waals surface area contributed by atoms with Gasteiger partial charge in [0.2, 0.25) is 0 Å². The fourth-order valence-corrected chi connectivity index (χ4v) is 5.09. The van der Waals surface area contributed by atoms with E-state index in [1.165, 1.54) is 4.68 Å². The molecule has 4 N–H and O–H groups in total. The molecule has 1 aliphatic carbocycles. The first kappa shape index (κ1) is 24.1. The lowest BCUT2D eigenvalue weighted by Gasteiger charge is -2.23. The monoisotopic (exact) mass is 515 g/mol. The van der Waals surface area contributed by atoms with Gasteiger partial charge in [0.1, 0.15) is 17.4 Å². The molecule has 6 rings (SSSR count). The van der Waals surface area contributed by atoms with Crippen molar-refractivity contribution in [2.75, 3.05) is 18.0 Å². The molecule has 194 valence electrons. The van der Waals surface area contributed by atoms with Crippen LogP contribution in [0.15, 0.2) is 35.3 Å². The van der Waals surface area contributed by atoms with Crippen molar-refractivity contribution in [3.05, 3.63) is 57.9 Å². The number of fused-ring (bicyclic) bond motifs is 1. The third kappa shape index (κ3) is 3.98. The largest absolute Gasteiger partial charge is 0.489 e. The summed E-state index contributed by atoms with van der Waals surface area (Å²) in [5, 5.41) is 32.3. The lowest BCUT2D eigenvalue weighted by molar-refractivity contribution is 0.198. The molecule has 3 heterocycles. The molecule has 0 spiro atoms. The first-order valence-electron chi connectivity index (χ1n) is 12.5. The molecule has 11 heteroatoms. The van der Waals surface area contributed by atoms with Crippen molar-refractivity contribution < 1.29 is 14.2 Å². The maximum atomic E-state index is 16.5. The number of nitriles is 1. The molecule has 2 aliphatic rings.